The standard InChI is InChI=1S/C22H41NO5/c1-21(2,3)28-20(25)23-18-17-26-22(4,5)27-19(18)15-13-11-9-7-6-8-10-12-14-16-24/h13,15,18-19,24H,6-12,14,16-17H2,1-5H3,(H,23,25)/b15-13+/t18-,19+/m0/s1. The third-order valence-corrected chi connectivity index (χ3v) is 4.48. The number of carbonyl (C=O) groups is 1. The van der Waals surface area contributed by atoms with E-state index in [1.807, 2.05) is 40.7 Å². The fraction of sp³-hybridized carbons (Fsp3) is 0.864. The van der Waals surface area contributed by atoms with E-state index in [0.717, 1.165) is 25.7 Å². The molecule has 1 saturated heterocycles. The summed E-state index contributed by atoms with van der Waals surface area (Å²) < 4.78 is 17.0. The van der Waals surface area contributed by atoms with Gasteiger partial charge in [-0.2, -0.15) is 0 Å². The first-order valence-electron chi connectivity index (χ1n) is 10.7. The van der Waals surface area contributed by atoms with Gasteiger partial charge in [-0.15, -0.1) is 0 Å². The van der Waals surface area contributed by atoms with Crippen LogP contribution in [0.2, 0.25) is 0 Å². The zero-order chi connectivity index (χ0) is 21.0. The largest absolute Gasteiger partial charge is 0.444 e. The van der Waals surface area contributed by atoms with E-state index < -0.39 is 17.5 Å². The number of aliphatic hydroxyl groups is 1. The highest BCUT2D eigenvalue weighted by molar-refractivity contribution is 5.68. The normalized spacial score (nSPS) is 22.4. The molecule has 1 rings (SSSR count). The van der Waals surface area contributed by atoms with Gasteiger partial charge < -0.3 is 24.6 Å². The summed E-state index contributed by atoms with van der Waals surface area (Å²) in [4.78, 5) is 12.1. The molecule has 1 fully saturated rings. The molecule has 6 heteroatoms. The van der Waals surface area contributed by atoms with Gasteiger partial charge in [-0.05, 0) is 53.9 Å². The maximum Gasteiger partial charge on any atom is 0.408 e. The number of amides is 1. The number of hydrogen-bond donors (Lipinski definition) is 2. The Morgan fingerprint density at radius 3 is 2.36 bits per heavy atom. The second-order valence-corrected chi connectivity index (χ2v) is 8.96. The number of alkyl carbamates (subject to hydrolysis) is 1. The minimum atomic E-state index is -0.671. The average Bonchev–Trinajstić information content (AvgIpc) is 2.57. The molecule has 0 aliphatic carbocycles. The molecule has 28 heavy (non-hydrogen) atoms. The van der Waals surface area contributed by atoms with Gasteiger partial charge in [0.15, 0.2) is 5.79 Å². The average molecular weight is 400 g/mol. The molecule has 1 aliphatic heterocycles. The lowest BCUT2D eigenvalue weighted by Gasteiger charge is -2.40. The quantitative estimate of drug-likeness (QED) is 0.389. The number of aliphatic hydroxyl groups excluding tert-OH is 1. The van der Waals surface area contributed by atoms with Crippen LogP contribution in [0.1, 0.15) is 86.0 Å². The number of allylic oxidation sites excluding steroid dienone is 1. The van der Waals surface area contributed by atoms with Gasteiger partial charge in [0.1, 0.15) is 11.7 Å². The molecule has 1 aliphatic rings. The van der Waals surface area contributed by atoms with Gasteiger partial charge in [0.2, 0.25) is 0 Å². The zero-order valence-corrected chi connectivity index (χ0v) is 18.5. The van der Waals surface area contributed by atoms with Crippen LogP contribution in [0.15, 0.2) is 12.2 Å². The number of rotatable bonds is 11. The summed E-state index contributed by atoms with van der Waals surface area (Å²) in [5.41, 5.74) is -0.539. The summed E-state index contributed by atoms with van der Waals surface area (Å²) in [5.74, 6) is -0.671. The van der Waals surface area contributed by atoms with Crippen molar-refractivity contribution in [3.05, 3.63) is 12.2 Å². The van der Waals surface area contributed by atoms with Crippen molar-refractivity contribution in [1.82, 2.24) is 5.32 Å². The SMILES string of the molecule is CC(C)(C)OC(=O)N[C@H]1COC(C)(C)O[C@@H]1/C=C/CCCCCCCCCO. The fourth-order valence-corrected chi connectivity index (χ4v) is 3.07. The number of ether oxygens (including phenoxy) is 3. The van der Waals surface area contributed by atoms with Crippen molar-refractivity contribution in [3.63, 3.8) is 0 Å². The maximum atomic E-state index is 12.1. The number of unbranched alkanes of at least 4 members (excludes halogenated alkanes) is 7. The third kappa shape index (κ3) is 11.7. The Morgan fingerprint density at radius 2 is 1.75 bits per heavy atom. The van der Waals surface area contributed by atoms with Crippen molar-refractivity contribution in [1.29, 1.82) is 0 Å². The third-order valence-electron chi connectivity index (χ3n) is 4.48. The lowest BCUT2D eigenvalue weighted by atomic mass is 10.1. The number of hydrogen-bond acceptors (Lipinski definition) is 5. The summed E-state index contributed by atoms with van der Waals surface area (Å²) in [6.07, 6.45) is 12.6. The summed E-state index contributed by atoms with van der Waals surface area (Å²) in [7, 11) is 0. The van der Waals surface area contributed by atoms with Crippen LogP contribution in [0.3, 0.4) is 0 Å². The molecular formula is C22H41NO5. The monoisotopic (exact) mass is 399 g/mol. The molecule has 0 saturated carbocycles. The predicted molar refractivity (Wildman–Crippen MR) is 111 cm³/mol. The van der Waals surface area contributed by atoms with Crippen LogP contribution >= 0.6 is 0 Å². The van der Waals surface area contributed by atoms with Crippen LogP contribution in [0, 0.1) is 0 Å². The van der Waals surface area contributed by atoms with E-state index >= 15 is 0 Å². The molecule has 1 amide bonds. The van der Waals surface area contributed by atoms with E-state index in [0.29, 0.717) is 13.2 Å². The molecule has 164 valence electrons. The summed E-state index contributed by atoms with van der Waals surface area (Å²) in [6, 6.07) is -0.273. The fourth-order valence-electron chi connectivity index (χ4n) is 3.07. The Labute approximate surface area is 171 Å². The van der Waals surface area contributed by atoms with E-state index in [4.69, 9.17) is 19.3 Å². The highest BCUT2D eigenvalue weighted by atomic mass is 16.7. The van der Waals surface area contributed by atoms with Crippen LogP contribution in [0.25, 0.3) is 0 Å². The van der Waals surface area contributed by atoms with E-state index in [1.165, 1.54) is 25.7 Å². The second-order valence-electron chi connectivity index (χ2n) is 8.96. The Kier molecular flexibility index (Phi) is 11.1. The van der Waals surface area contributed by atoms with Crippen LogP contribution < -0.4 is 5.32 Å². The van der Waals surface area contributed by atoms with E-state index in [1.54, 1.807) is 0 Å². The Bertz CT molecular complexity index is 470. The zero-order valence-electron chi connectivity index (χ0n) is 18.5. The molecule has 0 radical (unpaired) electrons. The lowest BCUT2D eigenvalue weighted by Crippen LogP contribution is -2.55. The first kappa shape index (κ1) is 24.9. The van der Waals surface area contributed by atoms with Gasteiger partial charge in [0.25, 0.3) is 0 Å². The predicted octanol–water partition coefficient (Wildman–Crippen LogP) is 4.70. The van der Waals surface area contributed by atoms with Crippen molar-refractivity contribution in [2.45, 2.75) is 110 Å². The van der Waals surface area contributed by atoms with Gasteiger partial charge in [-0.3, -0.25) is 0 Å². The van der Waals surface area contributed by atoms with Crippen molar-refractivity contribution in [3.8, 4) is 0 Å². The maximum absolute atomic E-state index is 12.1. The lowest BCUT2D eigenvalue weighted by molar-refractivity contribution is -0.271. The van der Waals surface area contributed by atoms with Crippen molar-refractivity contribution >= 4 is 6.09 Å². The summed E-state index contributed by atoms with van der Waals surface area (Å²) in [6.45, 7) is 9.98. The molecular weight excluding hydrogens is 358 g/mol. The Morgan fingerprint density at radius 1 is 1.14 bits per heavy atom. The smallest absolute Gasteiger partial charge is 0.408 e. The number of nitrogens with one attached hydrogen (secondary N) is 1. The highest BCUT2D eigenvalue weighted by Gasteiger charge is 2.36. The van der Waals surface area contributed by atoms with Gasteiger partial charge in [0, 0.05) is 6.61 Å². The van der Waals surface area contributed by atoms with Crippen LogP contribution in [0.5, 0.6) is 0 Å². The first-order valence-corrected chi connectivity index (χ1v) is 10.7. The van der Waals surface area contributed by atoms with E-state index in [9.17, 15) is 4.79 Å². The highest BCUT2D eigenvalue weighted by Crippen LogP contribution is 2.24. The van der Waals surface area contributed by atoms with Crippen LogP contribution in [0.4, 0.5) is 4.79 Å². The summed E-state index contributed by atoms with van der Waals surface area (Å²) >= 11 is 0. The van der Waals surface area contributed by atoms with Gasteiger partial charge in [-0.1, -0.05) is 44.3 Å². The van der Waals surface area contributed by atoms with Crippen LogP contribution in [-0.4, -0.2) is 47.9 Å². The molecule has 2 atom stereocenters. The molecule has 0 aromatic heterocycles. The summed E-state index contributed by atoms with van der Waals surface area (Å²) in [5, 5.41) is 11.6. The molecule has 0 spiro atoms. The van der Waals surface area contributed by atoms with Crippen molar-refractivity contribution < 1.29 is 24.1 Å². The van der Waals surface area contributed by atoms with Gasteiger partial charge in [-0.25, -0.2) is 4.79 Å². The first-order chi connectivity index (χ1) is 13.1. The molecule has 0 bridgehead atoms. The van der Waals surface area contributed by atoms with Gasteiger partial charge in [0.05, 0.1) is 12.6 Å². The van der Waals surface area contributed by atoms with Crippen LogP contribution in [-0.2, 0) is 14.2 Å². The van der Waals surface area contributed by atoms with E-state index in [-0.39, 0.29) is 12.1 Å². The topological polar surface area (TPSA) is 77.0 Å². The molecule has 2 N–H and O–H groups in total. The molecule has 0 aromatic carbocycles. The molecule has 0 aromatic rings. The minimum absolute atomic E-state index is 0.241. The second kappa shape index (κ2) is 12.5. The van der Waals surface area contributed by atoms with Crippen molar-refractivity contribution in [2.75, 3.05) is 13.2 Å². The number of carbonyl (C=O) groups excluding carboxylic acids is 1. The van der Waals surface area contributed by atoms with Gasteiger partial charge >= 0.3 is 6.09 Å². The minimum Gasteiger partial charge on any atom is -0.444 e. The molecule has 0 unspecified atom stereocenters. The van der Waals surface area contributed by atoms with E-state index in [2.05, 4.69) is 11.4 Å². The Balaban J connectivity index is 2.37. The van der Waals surface area contributed by atoms with Crippen molar-refractivity contribution in [2.24, 2.45) is 0 Å². The molecule has 6 nitrogen and oxygen atoms in total. The molecule has 1 heterocycles. The Hall–Kier alpha value is -1.11.